The van der Waals surface area contributed by atoms with Gasteiger partial charge in [-0.2, -0.15) is 0 Å². The Morgan fingerprint density at radius 1 is 1.33 bits per heavy atom. The summed E-state index contributed by atoms with van der Waals surface area (Å²) in [6.45, 7) is 3.73. The van der Waals surface area contributed by atoms with Crippen molar-refractivity contribution in [1.29, 1.82) is 0 Å². The molecule has 0 radical (unpaired) electrons. The zero-order valence-corrected chi connectivity index (χ0v) is 9.04. The van der Waals surface area contributed by atoms with Gasteiger partial charge in [-0.25, -0.2) is 4.98 Å². The van der Waals surface area contributed by atoms with E-state index in [1.54, 1.807) is 12.3 Å². The second kappa shape index (κ2) is 4.41. The first-order valence-corrected chi connectivity index (χ1v) is 5.31. The topological polar surface area (TPSA) is 25.8 Å². The molecule has 15 heavy (non-hydrogen) atoms. The van der Waals surface area contributed by atoms with Crippen LogP contribution >= 0.6 is 11.6 Å². The average molecular weight is 219 g/mol. The molecule has 0 unspecified atom stereocenters. The molecule has 0 spiro atoms. The van der Waals surface area contributed by atoms with Crippen molar-refractivity contribution in [2.24, 2.45) is 0 Å². The molecule has 0 aliphatic carbocycles. The first kappa shape index (κ1) is 10.1. The van der Waals surface area contributed by atoms with Crippen LogP contribution in [0.25, 0.3) is 17.1 Å². The van der Waals surface area contributed by atoms with Gasteiger partial charge < -0.3 is 0 Å². The first-order valence-electron chi connectivity index (χ1n) is 4.77. The lowest BCUT2D eigenvalue weighted by atomic mass is 10.2. The van der Waals surface area contributed by atoms with E-state index in [1.165, 1.54) is 0 Å². The minimum absolute atomic E-state index is 0.571. The van der Waals surface area contributed by atoms with Crippen molar-refractivity contribution in [3.8, 4) is 0 Å². The molecule has 0 bridgehead atoms. The molecule has 0 saturated carbocycles. The molecule has 76 valence electrons. The Morgan fingerprint density at radius 2 is 2.20 bits per heavy atom. The summed E-state index contributed by atoms with van der Waals surface area (Å²) in [5.74, 6) is 0.571. The van der Waals surface area contributed by atoms with Gasteiger partial charge in [0.25, 0.3) is 0 Å². The van der Waals surface area contributed by atoms with E-state index in [4.69, 9.17) is 11.6 Å². The molecule has 0 atom stereocenters. The number of nitrogens with zero attached hydrogens (tertiary/aromatic N) is 2. The normalized spacial score (nSPS) is 10.5. The van der Waals surface area contributed by atoms with Crippen LogP contribution in [0.3, 0.4) is 0 Å². The van der Waals surface area contributed by atoms with Crippen molar-refractivity contribution in [2.75, 3.05) is 5.88 Å². The fourth-order valence-corrected chi connectivity index (χ4v) is 1.60. The Kier molecular flexibility index (Phi) is 2.97. The monoisotopic (exact) mass is 218 g/mol. The predicted molar refractivity (Wildman–Crippen MR) is 64.1 cm³/mol. The molecule has 2 nitrogen and oxygen atoms in total. The number of aryl methyl sites for hydroxylation is 1. The maximum Gasteiger partial charge on any atom is 0.0896 e. The van der Waals surface area contributed by atoms with Gasteiger partial charge in [0, 0.05) is 18.5 Å². The second-order valence-electron chi connectivity index (χ2n) is 3.25. The summed E-state index contributed by atoms with van der Waals surface area (Å²) in [5, 5.41) is 0. The molecular weight excluding hydrogens is 208 g/mol. The number of alkyl halides is 1. The highest BCUT2D eigenvalue weighted by molar-refractivity contribution is 6.17. The van der Waals surface area contributed by atoms with Crippen LogP contribution in [0.2, 0.25) is 0 Å². The number of aromatic nitrogens is 2. The van der Waals surface area contributed by atoms with Crippen LogP contribution in [0.15, 0.2) is 31.0 Å². The van der Waals surface area contributed by atoms with Gasteiger partial charge in [0.2, 0.25) is 0 Å². The van der Waals surface area contributed by atoms with Crippen LogP contribution in [0.5, 0.6) is 0 Å². The number of benzene rings is 1. The van der Waals surface area contributed by atoms with Gasteiger partial charge in [-0.1, -0.05) is 18.7 Å². The van der Waals surface area contributed by atoms with Crippen LogP contribution in [0.1, 0.15) is 11.3 Å². The number of fused-ring (bicyclic) bond motifs is 1. The van der Waals surface area contributed by atoms with E-state index >= 15 is 0 Å². The Bertz CT molecular complexity index is 494. The summed E-state index contributed by atoms with van der Waals surface area (Å²) in [7, 11) is 0. The molecule has 0 N–H and O–H groups in total. The van der Waals surface area contributed by atoms with Crippen molar-refractivity contribution < 1.29 is 0 Å². The molecule has 1 aromatic carbocycles. The summed E-state index contributed by atoms with van der Waals surface area (Å²) >= 11 is 5.66. The van der Waals surface area contributed by atoms with Crippen LogP contribution in [0, 0.1) is 0 Å². The summed E-state index contributed by atoms with van der Waals surface area (Å²) in [6.07, 6.45) is 4.33. The van der Waals surface area contributed by atoms with Gasteiger partial charge in [-0.3, -0.25) is 4.98 Å². The van der Waals surface area contributed by atoms with Crippen LogP contribution in [0.4, 0.5) is 0 Å². The van der Waals surface area contributed by atoms with Crippen molar-refractivity contribution in [3.63, 3.8) is 0 Å². The lowest BCUT2D eigenvalue weighted by Gasteiger charge is -2.01. The highest BCUT2D eigenvalue weighted by Crippen LogP contribution is 2.13. The largest absolute Gasteiger partial charge is 0.253 e. The first-order chi connectivity index (χ1) is 7.33. The van der Waals surface area contributed by atoms with E-state index in [9.17, 15) is 0 Å². The molecule has 1 heterocycles. The molecule has 0 amide bonds. The highest BCUT2D eigenvalue weighted by atomic mass is 35.5. The summed E-state index contributed by atoms with van der Waals surface area (Å²) < 4.78 is 0. The highest BCUT2D eigenvalue weighted by Gasteiger charge is 1.99. The van der Waals surface area contributed by atoms with Crippen LogP contribution < -0.4 is 0 Å². The molecular formula is C12H11ClN2. The number of halogens is 1. The second-order valence-corrected chi connectivity index (χ2v) is 3.63. The van der Waals surface area contributed by atoms with Crippen LogP contribution in [-0.2, 0) is 6.42 Å². The van der Waals surface area contributed by atoms with Crippen molar-refractivity contribution in [3.05, 3.63) is 42.2 Å². The maximum atomic E-state index is 5.66. The fraction of sp³-hybridized carbons (Fsp3) is 0.167. The third-order valence-corrected chi connectivity index (χ3v) is 2.39. The van der Waals surface area contributed by atoms with E-state index in [2.05, 4.69) is 16.5 Å². The van der Waals surface area contributed by atoms with Gasteiger partial charge in [0.05, 0.1) is 16.7 Å². The van der Waals surface area contributed by atoms with Gasteiger partial charge >= 0.3 is 0 Å². The van der Waals surface area contributed by atoms with E-state index in [0.717, 1.165) is 28.7 Å². The van der Waals surface area contributed by atoms with Crippen molar-refractivity contribution >= 4 is 28.7 Å². The van der Waals surface area contributed by atoms with Gasteiger partial charge in [-0.05, 0) is 17.7 Å². The number of rotatable bonds is 3. The van der Waals surface area contributed by atoms with Crippen LogP contribution in [-0.4, -0.2) is 15.8 Å². The van der Waals surface area contributed by atoms with Crippen molar-refractivity contribution in [1.82, 2.24) is 9.97 Å². The molecule has 0 fully saturated rings. The van der Waals surface area contributed by atoms with Gasteiger partial charge in [0.15, 0.2) is 0 Å². The maximum absolute atomic E-state index is 5.66. The Labute approximate surface area is 93.6 Å². The third kappa shape index (κ3) is 2.16. The quantitative estimate of drug-likeness (QED) is 0.740. The van der Waals surface area contributed by atoms with E-state index in [0.29, 0.717) is 5.88 Å². The fourth-order valence-electron chi connectivity index (χ4n) is 1.41. The Morgan fingerprint density at radius 3 is 2.93 bits per heavy atom. The minimum Gasteiger partial charge on any atom is -0.253 e. The molecule has 0 saturated heterocycles. The number of hydrogen-bond acceptors (Lipinski definition) is 2. The van der Waals surface area contributed by atoms with Gasteiger partial charge in [-0.15, -0.1) is 11.6 Å². The molecule has 2 aromatic rings. The van der Waals surface area contributed by atoms with E-state index < -0.39 is 0 Å². The summed E-state index contributed by atoms with van der Waals surface area (Å²) in [6, 6.07) is 5.90. The lowest BCUT2D eigenvalue weighted by molar-refractivity contribution is 1.04. The lowest BCUT2D eigenvalue weighted by Crippen LogP contribution is -1.94. The van der Waals surface area contributed by atoms with E-state index in [-0.39, 0.29) is 0 Å². The third-order valence-electron chi connectivity index (χ3n) is 2.20. The molecule has 1 aromatic heterocycles. The Hall–Kier alpha value is -1.41. The standard InChI is InChI=1S/C12H11ClN2/c1-2-9-3-4-11-12(7-9)15-10(5-6-13)8-14-11/h2-4,7-8H,1,5-6H2. The summed E-state index contributed by atoms with van der Waals surface area (Å²) in [5.41, 5.74) is 3.78. The zero-order chi connectivity index (χ0) is 10.7. The molecule has 0 aliphatic rings. The van der Waals surface area contributed by atoms with Gasteiger partial charge in [0.1, 0.15) is 0 Å². The summed E-state index contributed by atoms with van der Waals surface area (Å²) in [4.78, 5) is 8.80. The van der Waals surface area contributed by atoms with E-state index in [1.807, 2.05) is 18.2 Å². The molecule has 2 rings (SSSR count). The smallest absolute Gasteiger partial charge is 0.0896 e. The SMILES string of the molecule is C=Cc1ccc2ncc(CCCl)nc2c1. The number of hydrogen-bond donors (Lipinski definition) is 0. The molecule has 0 aliphatic heterocycles. The molecule has 3 heteroatoms. The predicted octanol–water partition coefficient (Wildman–Crippen LogP) is 3.05. The minimum atomic E-state index is 0.571. The Balaban J connectivity index is 2.52. The zero-order valence-electron chi connectivity index (χ0n) is 8.28. The average Bonchev–Trinajstić information content (AvgIpc) is 2.28. The van der Waals surface area contributed by atoms with Crippen molar-refractivity contribution in [2.45, 2.75) is 6.42 Å².